The van der Waals surface area contributed by atoms with E-state index in [1.807, 2.05) is 0 Å². The number of benzene rings is 1. The van der Waals surface area contributed by atoms with Gasteiger partial charge in [0.15, 0.2) is 0 Å². The molecule has 1 fully saturated rings. The van der Waals surface area contributed by atoms with E-state index in [1.54, 1.807) is 12.1 Å². The van der Waals surface area contributed by atoms with Crippen molar-refractivity contribution < 1.29 is 14.3 Å². The zero-order valence-corrected chi connectivity index (χ0v) is 11.4. The summed E-state index contributed by atoms with van der Waals surface area (Å²) in [7, 11) is 0. The summed E-state index contributed by atoms with van der Waals surface area (Å²) in [6.07, 6.45) is 3.81. The standard InChI is InChI=1S/C15H21FN2O2/c16-12-5-3-6-13(8-12)18-15(20)10-17-9-11-4-1-2-7-14(11)19/h3,5-6,8,11,14,17,19H,1-2,4,7,9-10H2,(H,18,20). The fraction of sp³-hybridized carbons (Fsp3) is 0.533. The van der Waals surface area contributed by atoms with Gasteiger partial charge in [0.2, 0.25) is 5.91 Å². The van der Waals surface area contributed by atoms with Gasteiger partial charge >= 0.3 is 0 Å². The minimum absolute atomic E-state index is 0.166. The second-order valence-corrected chi connectivity index (χ2v) is 5.30. The Hall–Kier alpha value is -1.46. The molecule has 1 aliphatic rings. The third-order valence-corrected chi connectivity index (χ3v) is 3.67. The molecule has 2 rings (SSSR count). The van der Waals surface area contributed by atoms with Gasteiger partial charge in [-0.15, -0.1) is 0 Å². The number of carbonyl (C=O) groups excluding carboxylic acids is 1. The Balaban J connectivity index is 1.70. The molecule has 0 saturated heterocycles. The largest absolute Gasteiger partial charge is 0.393 e. The van der Waals surface area contributed by atoms with Gasteiger partial charge in [-0.2, -0.15) is 0 Å². The lowest BCUT2D eigenvalue weighted by Crippen LogP contribution is -2.37. The van der Waals surface area contributed by atoms with Crippen molar-refractivity contribution in [3.8, 4) is 0 Å². The molecule has 2 unspecified atom stereocenters. The highest BCUT2D eigenvalue weighted by molar-refractivity contribution is 5.92. The molecular weight excluding hydrogens is 259 g/mol. The Labute approximate surface area is 118 Å². The predicted octanol–water partition coefficient (Wildman–Crippen LogP) is 1.90. The zero-order valence-electron chi connectivity index (χ0n) is 11.4. The molecule has 4 nitrogen and oxygen atoms in total. The number of hydrogen-bond acceptors (Lipinski definition) is 3. The van der Waals surface area contributed by atoms with Crippen LogP contribution in [0.3, 0.4) is 0 Å². The molecule has 0 heterocycles. The van der Waals surface area contributed by atoms with E-state index in [-0.39, 0.29) is 30.3 Å². The molecule has 2 atom stereocenters. The van der Waals surface area contributed by atoms with Gasteiger partial charge in [-0.1, -0.05) is 18.9 Å². The summed E-state index contributed by atoms with van der Waals surface area (Å²) in [5, 5.41) is 15.5. The van der Waals surface area contributed by atoms with Crippen molar-refractivity contribution in [3.05, 3.63) is 30.1 Å². The number of aliphatic hydroxyl groups is 1. The van der Waals surface area contributed by atoms with Gasteiger partial charge in [-0.25, -0.2) is 4.39 Å². The summed E-state index contributed by atoms with van der Waals surface area (Å²) >= 11 is 0. The Bertz CT molecular complexity index is 453. The van der Waals surface area contributed by atoms with Crippen molar-refractivity contribution in [1.82, 2.24) is 5.32 Å². The SMILES string of the molecule is O=C(CNCC1CCCCC1O)Nc1cccc(F)c1. The lowest BCUT2D eigenvalue weighted by Gasteiger charge is -2.27. The summed E-state index contributed by atoms with van der Waals surface area (Å²) in [6.45, 7) is 0.803. The number of aliphatic hydroxyl groups excluding tert-OH is 1. The number of anilines is 1. The fourth-order valence-corrected chi connectivity index (χ4v) is 2.57. The molecule has 1 aromatic rings. The van der Waals surface area contributed by atoms with Gasteiger partial charge in [0.25, 0.3) is 0 Å². The second-order valence-electron chi connectivity index (χ2n) is 5.30. The fourth-order valence-electron chi connectivity index (χ4n) is 2.57. The van der Waals surface area contributed by atoms with E-state index in [0.717, 1.165) is 25.7 Å². The van der Waals surface area contributed by atoms with Gasteiger partial charge < -0.3 is 15.7 Å². The third kappa shape index (κ3) is 4.58. The van der Waals surface area contributed by atoms with Crippen molar-refractivity contribution in [3.63, 3.8) is 0 Å². The van der Waals surface area contributed by atoms with Crippen molar-refractivity contribution in [2.45, 2.75) is 31.8 Å². The lowest BCUT2D eigenvalue weighted by molar-refractivity contribution is -0.115. The molecule has 1 saturated carbocycles. The number of carbonyl (C=O) groups is 1. The zero-order chi connectivity index (χ0) is 14.4. The molecule has 110 valence electrons. The number of rotatable bonds is 5. The van der Waals surface area contributed by atoms with Crippen LogP contribution in [0, 0.1) is 11.7 Å². The van der Waals surface area contributed by atoms with Crippen LogP contribution in [-0.2, 0) is 4.79 Å². The van der Waals surface area contributed by atoms with Crippen LogP contribution in [0.2, 0.25) is 0 Å². The molecule has 1 aromatic carbocycles. The minimum Gasteiger partial charge on any atom is -0.393 e. The Kier molecular flexibility index (Phi) is 5.49. The van der Waals surface area contributed by atoms with E-state index in [4.69, 9.17) is 0 Å². The summed E-state index contributed by atoms with van der Waals surface area (Å²) in [6, 6.07) is 5.81. The highest BCUT2D eigenvalue weighted by atomic mass is 19.1. The maximum atomic E-state index is 13.0. The number of hydrogen-bond donors (Lipinski definition) is 3. The topological polar surface area (TPSA) is 61.4 Å². The molecule has 1 amide bonds. The van der Waals surface area contributed by atoms with Gasteiger partial charge in [0.05, 0.1) is 12.6 Å². The molecule has 20 heavy (non-hydrogen) atoms. The van der Waals surface area contributed by atoms with Crippen LogP contribution in [-0.4, -0.2) is 30.2 Å². The first kappa shape index (κ1) is 14.9. The summed E-state index contributed by atoms with van der Waals surface area (Å²) in [4.78, 5) is 11.7. The molecule has 3 N–H and O–H groups in total. The van der Waals surface area contributed by atoms with E-state index < -0.39 is 0 Å². The van der Waals surface area contributed by atoms with Crippen LogP contribution < -0.4 is 10.6 Å². The third-order valence-electron chi connectivity index (χ3n) is 3.67. The van der Waals surface area contributed by atoms with Crippen LogP contribution in [0.15, 0.2) is 24.3 Å². The van der Waals surface area contributed by atoms with Crippen LogP contribution in [0.1, 0.15) is 25.7 Å². The quantitative estimate of drug-likeness (QED) is 0.772. The highest BCUT2D eigenvalue weighted by Gasteiger charge is 2.22. The number of halogens is 1. The Morgan fingerprint density at radius 3 is 2.90 bits per heavy atom. The monoisotopic (exact) mass is 280 g/mol. The maximum absolute atomic E-state index is 13.0. The van der Waals surface area contributed by atoms with Crippen LogP contribution in [0.25, 0.3) is 0 Å². The second kappa shape index (κ2) is 7.36. The summed E-state index contributed by atoms with van der Waals surface area (Å²) in [5.41, 5.74) is 0.453. The smallest absolute Gasteiger partial charge is 0.238 e. The predicted molar refractivity (Wildman–Crippen MR) is 75.9 cm³/mol. The van der Waals surface area contributed by atoms with Crippen LogP contribution >= 0.6 is 0 Å². The van der Waals surface area contributed by atoms with E-state index in [9.17, 15) is 14.3 Å². The normalized spacial score (nSPS) is 22.5. The van der Waals surface area contributed by atoms with Crippen molar-refractivity contribution in [1.29, 1.82) is 0 Å². The van der Waals surface area contributed by atoms with Gasteiger partial charge in [-0.3, -0.25) is 4.79 Å². The first-order chi connectivity index (χ1) is 9.65. The van der Waals surface area contributed by atoms with Crippen LogP contribution in [0.5, 0.6) is 0 Å². The average molecular weight is 280 g/mol. The van der Waals surface area contributed by atoms with Crippen LogP contribution in [0.4, 0.5) is 10.1 Å². The Morgan fingerprint density at radius 1 is 1.35 bits per heavy atom. The molecule has 0 aromatic heterocycles. The summed E-state index contributed by atoms with van der Waals surface area (Å²) in [5.74, 6) is -0.354. The van der Waals surface area contributed by atoms with Gasteiger partial charge in [-0.05, 0) is 37.0 Å². The van der Waals surface area contributed by atoms with E-state index in [1.165, 1.54) is 12.1 Å². The van der Waals surface area contributed by atoms with E-state index in [0.29, 0.717) is 12.2 Å². The first-order valence-corrected chi connectivity index (χ1v) is 7.09. The molecular formula is C15H21FN2O2. The molecule has 5 heteroatoms. The van der Waals surface area contributed by atoms with E-state index in [2.05, 4.69) is 10.6 Å². The molecule has 0 spiro atoms. The van der Waals surface area contributed by atoms with Crippen molar-refractivity contribution in [2.24, 2.45) is 5.92 Å². The first-order valence-electron chi connectivity index (χ1n) is 7.09. The van der Waals surface area contributed by atoms with Gasteiger partial charge in [0, 0.05) is 12.2 Å². The molecule has 1 aliphatic carbocycles. The molecule has 0 radical (unpaired) electrons. The highest BCUT2D eigenvalue weighted by Crippen LogP contribution is 2.23. The maximum Gasteiger partial charge on any atom is 0.238 e. The summed E-state index contributed by atoms with van der Waals surface area (Å²) < 4.78 is 13.0. The number of amides is 1. The van der Waals surface area contributed by atoms with Gasteiger partial charge in [0.1, 0.15) is 5.82 Å². The average Bonchev–Trinajstić information content (AvgIpc) is 2.41. The van der Waals surface area contributed by atoms with Crippen molar-refractivity contribution >= 4 is 11.6 Å². The van der Waals surface area contributed by atoms with Crippen molar-refractivity contribution in [2.75, 3.05) is 18.4 Å². The lowest BCUT2D eigenvalue weighted by atomic mass is 9.86. The molecule has 0 bridgehead atoms. The van der Waals surface area contributed by atoms with E-state index >= 15 is 0 Å². The number of nitrogens with one attached hydrogen (secondary N) is 2. The molecule has 0 aliphatic heterocycles. The Morgan fingerprint density at radius 2 is 2.15 bits per heavy atom. The minimum atomic E-state index is -0.374.